The van der Waals surface area contributed by atoms with Gasteiger partial charge >= 0.3 is 11.9 Å². The Labute approximate surface area is 70.5 Å². The number of carbonyl (C=O) groups excluding carboxylic acids is 1. The van der Waals surface area contributed by atoms with Crippen LogP contribution in [0.5, 0.6) is 0 Å². The Morgan fingerprint density at radius 2 is 2.25 bits per heavy atom. The molecule has 0 heterocycles. The molecule has 0 amide bonds. The van der Waals surface area contributed by atoms with Crippen molar-refractivity contribution in [2.45, 2.75) is 25.9 Å². The molecule has 66 valence electrons. The number of carboxylic acids is 1. The topological polar surface area (TPSA) is 63.6 Å². The van der Waals surface area contributed by atoms with E-state index in [2.05, 4.69) is 10.7 Å². The number of carboxylic acid groups (broad SMARTS) is 1. The molecule has 0 aliphatic heterocycles. The molecule has 0 aromatic heterocycles. The maximum absolute atomic E-state index is 10.4. The molecular formula is C8H10O4. The van der Waals surface area contributed by atoms with Crippen LogP contribution in [0.15, 0.2) is 0 Å². The van der Waals surface area contributed by atoms with Crippen molar-refractivity contribution in [1.29, 1.82) is 0 Å². The molecule has 0 radical (unpaired) electrons. The molecule has 0 saturated carbocycles. The summed E-state index contributed by atoms with van der Waals surface area (Å²) in [5, 5.41) is 8.14. The highest BCUT2D eigenvalue weighted by Crippen LogP contribution is 2.00. The van der Waals surface area contributed by atoms with Crippen LogP contribution in [0.1, 0.15) is 19.8 Å². The van der Waals surface area contributed by atoms with Crippen molar-refractivity contribution in [3.63, 3.8) is 0 Å². The molecule has 1 atom stereocenters. The van der Waals surface area contributed by atoms with Crippen LogP contribution < -0.4 is 0 Å². The van der Waals surface area contributed by atoms with Gasteiger partial charge < -0.3 is 9.84 Å². The van der Waals surface area contributed by atoms with Gasteiger partial charge in [0.05, 0.1) is 0 Å². The Hall–Kier alpha value is -1.50. The molecule has 0 aliphatic rings. The van der Waals surface area contributed by atoms with E-state index in [0.29, 0.717) is 12.8 Å². The summed E-state index contributed by atoms with van der Waals surface area (Å²) in [5.41, 5.74) is 0. The average molecular weight is 170 g/mol. The highest BCUT2D eigenvalue weighted by atomic mass is 16.6. The summed E-state index contributed by atoms with van der Waals surface area (Å²) >= 11 is 0. The van der Waals surface area contributed by atoms with E-state index in [1.165, 1.54) is 0 Å². The first-order valence-corrected chi connectivity index (χ1v) is 3.45. The van der Waals surface area contributed by atoms with E-state index in [1.807, 2.05) is 0 Å². The predicted molar refractivity (Wildman–Crippen MR) is 41.3 cm³/mol. The molecule has 4 heteroatoms. The van der Waals surface area contributed by atoms with Crippen molar-refractivity contribution < 1.29 is 19.4 Å². The highest BCUT2D eigenvalue weighted by Gasteiger charge is 2.15. The number of carbonyl (C=O) groups is 2. The number of hydrogen-bond acceptors (Lipinski definition) is 3. The number of aliphatic carboxylic acids is 1. The van der Waals surface area contributed by atoms with Gasteiger partial charge in [0.15, 0.2) is 0 Å². The fraction of sp³-hybridized carbons (Fsp3) is 0.500. The molecule has 0 spiro atoms. The molecule has 0 fully saturated rings. The average Bonchev–Trinajstić information content (AvgIpc) is 2.00. The molecule has 1 N–H and O–H groups in total. The maximum Gasteiger partial charge on any atom is 0.417 e. The summed E-state index contributed by atoms with van der Waals surface area (Å²) < 4.78 is 4.48. The van der Waals surface area contributed by atoms with Gasteiger partial charge in [-0.25, -0.2) is 9.59 Å². The van der Waals surface area contributed by atoms with E-state index < -0.39 is 18.0 Å². The SMILES string of the molecule is C#CCCC(C)OC(=O)C(=O)O. The zero-order chi connectivity index (χ0) is 9.56. The quantitative estimate of drug-likeness (QED) is 0.378. The Kier molecular flexibility index (Phi) is 4.54. The Bertz CT molecular complexity index is 214. The normalized spacial score (nSPS) is 11.3. The minimum absolute atomic E-state index is 0.440. The van der Waals surface area contributed by atoms with Crippen molar-refractivity contribution in [2.75, 3.05) is 0 Å². The molecule has 0 rings (SSSR count). The predicted octanol–water partition coefficient (Wildman–Crippen LogP) is 0.416. The Balaban J connectivity index is 3.70. The van der Waals surface area contributed by atoms with E-state index in [1.54, 1.807) is 6.92 Å². The third-order valence-corrected chi connectivity index (χ3v) is 1.18. The standard InChI is InChI=1S/C8H10O4/c1-3-4-5-6(2)12-8(11)7(9)10/h1,6H,4-5H2,2H3,(H,9,10). The Morgan fingerprint density at radius 3 is 2.67 bits per heavy atom. The Morgan fingerprint density at radius 1 is 1.67 bits per heavy atom. The number of esters is 1. The van der Waals surface area contributed by atoms with Gasteiger partial charge in [-0.15, -0.1) is 12.3 Å². The van der Waals surface area contributed by atoms with Crippen LogP contribution in [0.25, 0.3) is 0 Å². The molecular weight excluding hydrogens is 160 g/mol. The lowest BCUT2D eigenvalue weighted by Crippen LogP contribution is -2.21. The third kappa shape index (κ3) is 4.34. The number of ether oxygens (including phenoxy) is 1. The van der Waals surface area contributed by atoms with E-state index in [9.17, 15) is 9.59 Å². The molecule has 1 unspecified atom stereocenters. The number of terminal acetylenes is 1. The van der Waals surface area contributed by atoms with Gasteiger partial charge in [0.25, 0.3) is 0 Å². The van der Waals surface area contributed by atoms with E-state index >= 15 is 0 Å². The first-order valence-electron chi connectivity index (χ1n) is 3.45. The molecule has 0 saturated heterocycles. The van der Waals surface area contributed by atoms with Gasteiger partial charge in [-0.1, -0.05) is 0 Å². The monoisotopic (exact) mass is 170 g/mol. The molecule has 0 aliphatic carbocycles. The molecule has 4 nitrogen and oxygen atoms in total. The summed E-state index contributed by atoms with van der Waals surface area (Å²) in [6.07, 6.45) is 5.47. The zero-order valence-electron chi connectivity index (χ0n) is 6.74. The smallest absolute Gasteiger partial charge is 0.417 e. The summed E-state index contributed by atoms with van der Waals surface area (Å²) in [4.78, 5) is 20.4. The van der Waals surface area contributed by atoms with Gasteiger partial charge in [-0.3, -0.25) is 0 Å². The largest absolute Gasteiger partial charge is 0.473 e. The van der Waals surface area contributed by atoms with Crippen LogP contribution in [0.3, 0.4) is 0 Å². The maximum atomic E-state index is 10.4. The lowest BCUT2D eigenvalue weighted by atomic mass is 10.2. The van der Waals surface area contributed by atoms with Crippen LogP contribution in [-0.2, 0) is 14.3 Å². The lowest BCUT2D eigenvalue weighted by molar-refractivity contribution is -0.167. The first kappa shape index (κ1) is 10.5. The third-order valence-electron chi connectivity index (χ3n) is 1.18. The summed E-state index contributed by atoms with van der Waals surface area (Å²) in [7, 11) is 0. The van der Waals surface area contributed by atoms with Crippen LogP contribution in [0.2, 0.25) is 0 Å². The summed E-state index contributed by atoms with van der Waals surface area (Å²) in [6.45, 7) is 1.60. The second kappa shape index (κ2) is 5.19. The van der Waals surface area contributed by atoms with E-state index in [0.717, 1.165) is 0 Å². The van der Waals surface area contributed by atoms with Crippen molar-refractivity contribution in [3.05, 3.63) is 0 Å². The first-order chi connectivity index (χ1) is 5.57. The lowest BCUT2D eigenvalue weighted by Gasteiger charge is -2.08. The minimum atomic E-state index is -1.58. The fourth-order valence-corrected chi connectivity index (χ4v) is 0.579. The van der Waals surface area contributed by atoms with Gasteiger partial charge in [0.1, 0.15) is 6.10 Å². The fourth-order valence-electron chi connectivity index (χ4n) is 0.579. The van der Waals surface area contributed by atoms with Gasteiger partial charge in [-0.2, -0.15) is 0 Å². The van der Waals surface area contributed by atoms with Crippen LogP contribution in [0, 0.1) is 12.3 Å². The van der Waals surface area contributed by atoms with Crippen molar-refractivity contribution in [2.24, 2.45) is 0 Å². The second-order valence-electron chi connectivity index (χ2n) is 2.26. The summed E-state index contributed by atoms with van der Waals surface area (Å²) in [5.74, 6) is -0.455. The van der Waals surface area contributed by atoms with Crippen LogP contribution in [-0.4, -0.2) is 23.1 Å². The van der Waals surface area contributed by atoms with Gasteiger partial charge in [-0.05, 0) is 13.3 Å². The number of rotatable bonds is 3. The highest BCUT2D eigenvalue weighted by molar-refractivity contribution is 6.28. The number of hydrogen-bond donors (Lipinski definition) is 1. The van der Waals surface area contributed by atoms with Crippen molar-refractivity contribution in [1.82, 2.24) is 0 Å². The van der Waals surface area contributed by atoms with E-state index in [-0.39, 0.29) is 0 Å². The van der Waals surface area contributed by atoms with E-state index in [4.69, 9.17) is 11.5 Å². The molecule has 0 bridgehead atoms. The van der Waals surface area contributed by atoms with Crippen molar-refractivity contribution in [3.8, 4) is 12.3 Å². The molecule has 0 aromatic carbocycles. The summed E-state index contributed by atoms with van der Waals surface area (Å²) in [6, 6.07) is 0. The second-order valence-corrected chi connectivity index (χ2v) is 2.26. The zero-order valence-corrected chi connectivity index (χ0v) is 6.74. The van der Waals surface area contributed by atoms with Crippen molar-refractivity contribution >= 4 is 11.9 Å². The molecule has 12 heavy (non-hydrogen) atoms. The van der Waals surface area contributed by atoms with Crippen LogP contribution >= 0.6 is 0 Å². The minimum Gasteiger partial charge on any atom is -0.473 e. The van der Waals surface area contributed by atoms with Gasteiger partial charge in [0, 0.05) is 6.42 Å². The van der Waals surface area contributed by atoms with Gasteiger partial charge in [0.2, 0.25) is 0 Å². The molecule has 0 aromatic rings. The van der Waals surface area contributed by atoms with Crippen LogP contribution in [0.4, 0.5) is 0 Å².